The highest BCUT2D eigenvalue weighted by molar-refractivity contribution is 6.05. The normalized spacial score (nSPS) is 13.4. The molecule has 124 valence electrons. The SMILES string of the molecule is CCc1cccc(NC(=O)c2ccc(NC3CC3)c([N+](=O)[O-])c2)c1. The van der Waals surface area contributed by atoms with Crippen LogP contribution in [0, 0.1) is 10.1 Å². The van der Waals surface area contributed by atoms with Gasteiger partial charge in [0.25, 0.3) is 11.6 Å². The van der Waals surface area contributed by atoms with E-state index in [1.807, 2.05) is 25.1 Å². The van der Waals surface area contributed by atoms with Crippen LogP contribution in [0.5, 0.6) is 0 Å². The molecule has 0 bridgehead atoms. The average Bonchev–Trinajstić information content (AvgIpc) is 3.39. The third kappa shape index (κ3) is 3.71. The molecule has 1 fully saturated rings. The molecule has 0 atom stereocenters. The molecule has 0 unspecified atom stereocenters. The number of nitro groups is 1. The zero-order valence-corrected chi connectivity index (χ0v) is 13.4. The van der Waals surface area contributed by atoms with E-state index in [0.29, 0.717) is 17.4 Å². The van der Waals surface area contributed by atoms with Crippen molar-refractivity contribution in [3.8, 4) is 0 Å². The summed E-state index contributed by atoms with van der Waals surface area (Å²) in [6.07, 6.45) is 2.91. The summed E-state index contributed by atoms with van der Waals surface area (Å²) in [5.41, 5.74) is 2.46. The first kappa shape index (κ1) is 16.0. The van der Waals surface area contributed by atoms with Gasteiger partial charge in [0.05, 0.1) is 4.92 Å². The van der Waals surface area contributed by atoms with E-state index < -0.39 is 4.92 Å². The molecule has 6 heteroatoms. The Balaban J connectivity index is 1.81. The zero-order valence-electron chi connectivity index (χ0n) is 13.4. The van der Waals surface area contributed by atoms with E-state index in [9.17, 15) is 14.9 Å². The van der Waals surface area contributed by atoms with Crippen LogP contribution in [0.4, 0.5) is 17.1 Å². The van der Waals surface area contributed by atoms with E-state index in [0.717, 1.165) is 24.8 Å². The molecule has 0 heterocycles. The van der Waals surface area contributed by atoms with Crippen LogP contribution in [0.15, 0.2) is 42.5 Å². The largest absolute Gasteiger partial charge is 0.377 e. The number of rotatable bonds is 6. The van der Waals surface area contributed by atoms with Gasteiger partial charge in [-0.2, -0.15) is 0 Å². The van der Waals surface area contributed by atoms with Crippen molar-refractivity contribution in [2.45, 2.75) is 32.2 Å². The smallest absolute Gasteiger partial charge is 0.293 e. The maximum absolute atomic E-state index is 12.4. The molecule has 24 heavy (non-hydrogen) atoms. The van der Waals surface area contributed by atoms with Crippen molar-refractivity contribution in [2.75, 3.05) is 10.6 Å². The van der Waals surface area contributed by atoms with Crippen LogP contribution in [-0.2, 0) is 6.42 Å². The van der Waals surface area contributed by atoms with Crippen molar-refractivity contribution in [3.63, 3.8) is 0 Å². The lowest BCUT2D eigenvalue weighted by molar-refractivity contribution is -0.384. The molecule has 3 rings (SSSR count). The minimum atomic E-state index is -0.459. The van der Waals surface area contributed by atoms with Crippen LogP contribution in [0.25, 0.3) is 0 Å². The van der Waals surface area contributed by atoms with Gasteiger partial charge in [-0.15, -0.1) is 0 Å². The summed E-state index contributed by atoms with van der Waals surface area (Å²) in [5, 5.41) is 17.2. The van der Waals surface area contributed by atoms with Gasteiger partial charge in [-0.25, -0.2) is 0 Å². The molecule has 2 aromatic rings. The third-order valence-electron chi connectivity index (χ3n) is 3.99. The Morgan fingerprint density at radius 3 is 2.71 bits per heavy atom. The summed E-state index contributed by atoms with van der Waals surface area (Å²) in [5.74, 6) is -0.357. The van der Waals surface area contributed by atoms with E-state index in [2.05, 4.69) is 10.6 Å². The van der Waals surface area contributed by atoms with Gasteiger partial charge in [0.15, 0.2) is 0 Å². The van der Waals surface area contributed by atoms with Gasteiger partial charge in [-0.3, -0.25) is 14.9 Å². The quantitative estimate of drug-likeness (QED) is 0.621. The second-order valence-corrected chi connectivity index (χ2v) is 5.92. The highest BCUT2D eigenvalue weighted by atomic mass is 16.6. The molecule has 6 nitrogen and oxygen atoms in total. The van der Waals surface area contributed by atoms with Crippen molar-refractivity contribution in [2.24, 2.45) is 0 Å². The molecule has 2 aromatic carbocycles. The Morgan fingerprint density at radius 1 is 1.25 bits per heavy atom. The molecule has 0 aliphatic heterocycles. The number of nitrogens with one attached hydrogen (secondary N) is 2. The van der Waals surface area contributed by atoms with Gasteiger partial charge in [-0.1, -0.05) is 19.1 Å². The average molecular weight is 325 g/mol. The van der Waals surface area contributed by atoms with Crippen LogP contribution < -0.4 is 10.6 Å². The molecule has 1 amide bonds. The zero-order chi connectivity index (χ0) is 17.1. The Hall–Kier alpha value is -2.89. The van der Waals surface area contributed by atoms with Crippen molar-refractivity contribution in [3.05, 3.63) is 63.7 Å². The highest BCUT2D eigenvalue weighted by Crippen LogP contribution is 2.31. The number of carbonyl (C=O) groups excluding carboxylic acids is 1. The van der Waals surface area contributed by atoms with E-state index in [1.165, 1.54) is 6.07 Å². The summed E-state index contributed by atoms with van der Waals surface area (Å²) in [4.78, 5) is 23.2. The minimum Gasteiger partial charge on any atom is -0.377 e. The number of anilines is 2. The lowest BCUT2D eigenvalue weighted by atomic mass is 10.1. The lowest BCUT2D eigenvalue weighted by Gasteiger charge is -2.09. The fourth-order valence-corrected chi connectivity index (χ4v) is 2.47. The number of nitro benzene ring substituents is 1. The summed E-state index contributed by atoms with van der Waals surface area (Å²) < 4.78 is 0. The van der Waals surface area contributed by atoms with Gasteiger partial charge >= 0.3 is 0 Å². The van der Waals surface area contributed by atoms with Crippen molar-refractivity contribution < 1.29 is 9.72 Å². The van der Waals surface area contributed by atoms with E-state index in [4.69, 9.17) is 0 Å². The number of nitrogens with zero attached hydrogens (tertiary/aromatic N) is 1. The monoisotopic (exact) mass is 325 g/mol. The Labute approximate surface area is 140 Å². The first-order chi connectivity index (χ1) is 11.6. The molecular weight excluding hydrogens is 306 g/mol. The van der Waals surface area contributed by atoms with Gasteiger partial charge in [0, 0.05) is 23.4 Å². The molecule has 1 aliphatic rings. The fourth-order valence-electron chi connectivity index (χ4n) is 2.47. The fraction of sp³-hybridized carbons (Fsp3) is 0.278. The first-order valence-corrected chi connectivity index (χ1v) is 8.02. The van der Waals surface area contributed by atoms with Gasteiger partial charge in [0.1, 0.15) is 5.69 Å². The number of hydrogen-bond acceptors (Lipinski definition) is 4. The summed E-state index contributed by atoms with van der Waals surface area (Å²) >= 11 is 0. The minimum absolute atomic E-state index is 0.0724. The second-order valence-electron chi connectivity index (χ2n) is 5.92. The molecular formula is C18H19N3O3. The number of amides is 1. The second kappa shape index (κ2) is 6.70. The number of hydrogen-bond donors (Lipinski definition) is 2. The summed E-state index contributed by atoms with van der Waals surface area (Å²) in [6.45, 7) is 2.04. The number of carbonyl (C=O) groups is 1. The lowest BCUT2D eigenvalue weighted by Crippen LogP contribution is -2.13. The highest BCUT2D eigenvalue weighted by Gasteiger charge is 2.25. The maximum Gasteiger partial charge on any atom is 0.293 e. The molecule has 1 aliphatic carbocycles. The van der Waals surface area contributed by atoms with Gasteiger partial charge in [-0.05, 0) is 49.1 Å². The third-order valence-corrected chi connectivity index (χ3v) is 3.99. The number of benzene rings is 2. The Kier molecular flexibility index (Phi) is 4.46. The van der Waals surface area contributed by atoms with Gasteiger partial charge in [0.2, 0.25) is 0 Å². The van der Waals surface area contributed by atoms with E-state index >= 15 is 0 Å². The van der Waals surface area contributed by atoms with Crippen LogP contribution in [0.1, 0.15) is 35.7 Å². The summed E-state index contributed by atoms with van der Waals surface area (Å²) in [6, 6.07) is 12.4. The van der Waals surface area contributed by atoms with Crippen LogP contribution in [0.2, 0.25) is 0 Å². The van der Waals surface area contributed by atoms with Crippen LogP contribution in [0.3, 0.4) is 0 Å². The van der Waals surface area contributed by atoms with E-state index in [1.54, 1.807) is 18.2 Å². The molecule has 2 N–H and O–H groups in total. The molecule has 1 saturated carbocycles. The topological polar surface area (TPSA) is 84.3 Å². The standard InChI is InChI=1S/C18H19N3O3/c1-2-12-4-3-5-15(10-12)20-18(22)13-6-9-16(19-14-7-8-14)17(11-13)21(23)24/h3-6,9-11,14,19H,2,7-8H2,1H3,(H,20,22). The predicted molar refractivity (Wildman–Crippen MR) is 93.5 cm³/mol. The molecule has 0 saturated heterocycles. The van der Waals surface area contributed by atoms with Crippen LogP contribution in [-0.4, -0.2) is 16.9 Å². The number of aryl methyl sites for hydroxylation is 1. The molecule has 0 spiro atoms. The van der Waals surface area contributed by atoms with Gasteiger partial charge < -0.3 is 10.6 Å². The van der Waals surface area contributed by atoms with Crippen LogP contribution >= 0.6 is 0 Å². The maximum atomic E-state index is 12.4. The Bertz CT molecular complexity index is 785. The molecule has 0 aromatic heterocycles. The summed E-state index contributed by atoms with van der Waals surface area (Å²) in [7, 11) is 0. The van der Waals surface area contributed by atoms with Crippen molar-refractivity contribution >= 4 is 23.0 Å². The predicted octanol–water partition coefficient (Wildman–Crippen LogP) is 3.98. The van der Waals surface area contributed by atoms with E-state index in [-0.39, 0.29) is 17.2 Å². The van der Waals surface area contributed by atoms with Crippen molar-refractivity contribution in [1.29, 1.82) is 0 Å². The first-order valence-electron chi connectivity index (χ1n) is 8.02. The molecule has 0 radical (unpaired) electrons. The van der Waals surface area contributed by atoms with Crippen molar-refractivity contribution in [1.82, 2.24) is 0 Å². The Morgan fingerprint density at radius 2 is 2.04 bits per heavy atom.